The number of para-hydroxylation sites is 10. The zero-order valence-electron chi connectivity index (χ0n) is 78.1. The normalized spacial score (nSPS) is 10.9. The van der Waals surface area contributed by atoms with E-state index in [1.165, 1.54) is 32.8 Å². The molecule has 0 saturated carbocycles. The number of fused-ring (bicyclic) bond motifs is 31. The number of benzene rings is 12. The van der Waals surface area contributed by atoms with E-state index in [-0.39, 0.29) is 167 Å². The van der Waals surface area contributed by atoms with Crippen LogP contribution < -0.4 is 147 Å². The Morgan fingerprint density at radius 2 is 0.804 bits per heavy atom. The van der Waals surface area contributed by atoms with Gasteiger partial charge in [-0.25, -0.2) is 55.1 Å². The molecule has 0 bridgehead atoms. The number of aromatic nitrogens is 16. The minimum Gasteiger partial charge on any atom is -0.508 e. The number of carbonyl (C=O) groups excluding carboxylic acids is 1. The molecule has 0 aliphatic rings. The van der Waals surface area contributed by atoms with E-state index >= 15 is 0 Å². The van der Waals surface area contributed by atoms with Gasteiger partial charge >= 0.3 is 144 Å². The van der Waals surface area contributed by atoms with E-state index in [2.05, 4.69) is 258 Å². The fraction of sp³-hybridized carbons (Fsp3) is 0.0268. The van der Waals surface area contributed by atoms with E-state index in [0.29, 0.717) is 9.63 Å². The Labute approximate surface area is 966 Å². The molecule has 15 heterocycles. The third kappa shape index (κ3) is 21.5. The predicted octanol–water partition coefficient (Wildman–Crippen LogP) is 22.6. The summed E-state index contributed by atoms with van der Waals surface area (Å²) in [5, 5.41) is 35.4. The number of methoxy groups -OCH3 is 1. The number of rotatable bonds is 8. The van der Waals surface area contributed by atoms with Crippen LogP contribution in [-0.2, 0) is 14.5 Å². The summed E-state index contributed by atoms with van der Waals surface area (Å²) in [6, 6.07) is 116. The van der Waals surface area contributed by atoms with Crippen molar-refractivity contribution in [3.05, 3.63) is 410 Å². The largest absolute Gasteiger partial charge is 1.00 e. The Kier molecular flexibility index (Phi) is 33.4. The summed E-state index contributed by atoms with van der Waals surface area (Å²) in [5.41, 5.74) is 20.2. The molecule has 31 heteroatoms. The van der Waals surface area contributed by atoms with Crippen molar-refractivity contribution >= 4 is 243 Å². The average molecular weight is 2340 g/mol. The Hall–Kier alpha value is -12.9. The Bertz CT molecular complexity index is 9320. The number of aliphatic carboxylic acids is 1. The first kappa shape index (κ1) is 102. The van der Waals surface area contributed by atoms with Gasteiger partial charge in [0.1, 0.15) is 78.9 Å². The summed E-state index contributed by atoms with van der Waals surface area (Å²) in [7, 11) is 3.43. The molecule has 0 radical (unpaired) electrons. The number of nitrogens with zero attached hydrogens (tertiary/aromatic N) is 15. The second-order valence-corrected chi connectivity index (χ2v) is 33.8. The zero-order valence-corrected chi connectivity index (χ0v) is 95.3. The smallest absolute Gasteiger partial charge is 0.508 e. The van der Waals surface area contributed by atoms with Gasteiger partial charge in [0.05, 0.1) is 78.3 Å². The summed E-state index contributed by atoms with van der Waals surface area (Å²) < 4.78 is 39.3. The van der Waals surface area contributed by atoms with Crippen molar-refractivity contribution in [2.24, 2.45) is 0 Å². The third-order valence-corrected chi connectivity index (χ3v) is 24.9. The molecular formula is C112H80Br3ClCs2FN16O8+. The van der Waals surface area contributed by atoms with Gasteiger partial charge in [-0.2, -0.15) is 7.18 Å². The number of ether oxygens (including phenoxy) is 2. The van der Waals surface area contributed by atoms with E-state index < -0.39 is 5.97 Å². The molecule has 24 nitrogen and oxygen atoms in total. The van der Waals surface area contributed by atoms with Crippen molar-refractivity contribution in [2.75, 3.05) is 7.11 Å². The number of carboxylic acids is 1. The maximum Gasteiger partial charge on any atom is 1.00 e. The van der Waals surface area contributed by atoms with Crippen molar-refractivity contribution in [1.29, 1.82) is 1.43 Å². The molecule has 0 fully saturated rings. The Morgan fingerprint density at radius 1 is 0.406 bits per heavy atom. The number of halogens is 5. The minimum atomic E-state index is -0.833. The van der Waals surface area contributed by atoms with E-state index in [1.807, 2.05) is 195 Å². The first-order valence-corrected chi connectivity index (χ1v) is 45.8. The van der Waals surface area contributed by atoms with Crippen molar-refractivity contribution in [1.82, 2.24) is 77.2 Å². The predicted molar refractivity (Wildman–Crippen MR) is 573 cm³/mol. The Morgan fingerprint density at radius 3 is 1.26 bits per heavy atom. The van der Waals surface area contributed by atoms with Crippen molar-refractivity contribution < 1.29 is 182 Å². The molecule has 0 atom stereocenters. The van der Waals surface area contributed by atoms with Crippen LogP contribution in [-0.4, -0.2) is 112 Å². The fourth-order valence-corrected chi connectivity index (χ4v) is 18.2. The van der Waals surface area contributed by atoms with Crippen molar-refractivity contribution in [3.63, 3.8) is 0 Å². The first-order valence-electron chi connectivity index (χ1n) is 44.2. The SMILES string of the molecule is Br.Brc1ccc2c3ccccc3n(-c3ccccn3)c2c1.CC(=O)O.COc1ccc2c3cccnc3n3c4ccccc4nc3c2c1.Cc1cccc(-c2nc3ccccc3[nH]2)c1.Clc1cccnc1Br.Oc1ccc2c3cccnc3n3c4ccccc4nc3c2c1.[2H]OOC=O.[CH2-]F.[Cs+].[Cs+].c1ccc(-n2c3ccccc3c3ccc(Oc4ccc5c6cccnc6n6c7ccccc7nc6c5c4)cc32)nc1. The van der Waals surface area contributed by atoms with E-state index in [1.54, 1.807) is 50.9 Å². The molecule has 0 spiro atoms. The molecule has 0 amide bonds. The van der Waals surface area contributed by atoms with Gasteiger partial charge in [-0.15, -0.1) is 17.0 Å². The second-order valence-electron chi connectivity index (χ2n) is 31.7. The number of imidazole rings is 4. The number of aromatic hydroxyl groups is 1. The molecule has 27 aromatic rings. The number of hydrogen-bond acceptors (Lipinski definition) is 17. The molecule has 0 saturated heterocycles. The monoisotopic (exact) mass is 2330 g/mol. The molecule has 15 aromatic heterocycles. The van der Waals surface area contributed by atoms with Gasteiger partial charge < -0.3 is 33.9 Å². The number of aromatic amines is 1. The summed E-state index contributed by atoms with van der Waals surface area (Å²) in [6.07, 6.45) is 10.8. The molecule has 4 N–H and O–H groups in total. The fourth-order valence-electron chi connectivity index (χ4n) is 17.5. The maximum absolute atomic E-state index is 9.88. The number of phenolic OH excluding ortho intramolecular Hbond substituents is 1. The summed E-state index contributed by atoms with van der Waals surface area (Å²) in [4.78, 5) is 70.7. The van der Waals surface area contributed by atoms with E-state index in [0.717, 1.165) is 195 Å². The van der Waals surface area contributed by atoms with Crippen molar-refractivity contribution in [3.8, 4) is 46.0 Å². The van der Waals surface area contributed by atoms with Gasteiger partial charge in [-0.05, 0) is 257 Å². The van der Waals surface area contributed by atoms with E-state index in [4.69, 9.17) is 57.1 Å². The van der Waals surface area contributed by atoms with Crippen LogP contribution in [0.25, 0.3) is 195 Å². The number of pyridine rings is 9. The van der Waals surface area contributed by atoms with Crippen LogP contribution in [0.15, 0.2) is 392 Å². The van der Waals surface area contributed by atoms with Gasteiger partial charge in [-0.1, -0.05) is 154 Å². The summed E-state index contributed by atoms with van der Waals surface area (Å²) >= 11 is 12.3. The molecule has 692 valence electrons. The number of phenols is 1. The van der Waals surface area contributed by atoms with Crippen LogP contribution in [0, 0.1) is 14.1 Å². The van der Waals surface area contributed by atoms with Crippen LogP contribution >= 0.6 is 60.4 Å². The van der Waals surface area contributed by atoms with Crippen molar-refractivity contribution in [2.45, 2.75) is 13.8 Å². The number of carbonyl (C=O) groups is 2. The van der Waals surface area contributed by atoms with E-state index in [9.17, 15) is 9.50 Å². The molecule has 27 rings (SSSR count). The molecular weight excluding hydrogens is 2260 g/mol. The van der Waals surface area contributed by atoms with Crippen LogP contribution in [0.3, 0.4) is 0 Å². The standard InChI is InChI=1S/C35H21N5O.C19H13N3O.C18H11N3O.C17H11BrN2.C14H12N2.C5H3BrClN.C2H4O2.CH2F.CH2O3.BrH.2Cs/c1-3-11-30-25(8-1)26-17-15-23(21-32(26)39(30)33-13-5-6-18-36-33)41-22-14-16-24-27-9-7-19-37-34(27)40-31-12-4-2-10-29(31)38-35(40)28(24)20-22;1-23-12-8-9-13-14-5-4-10-20-18(14)22-17-7-3-2-6-16(17)21-19(22)15(13)11-12;22-11-7-8-12-13-4-3-9-19-17(13)21-16-6-2-1-5-15(16)20-18(21)14(12)10-11;18-12-8-9-14-13-5-1-2-6-15(13)20(16(14)11-12)17-7-3-4-10-19-17;1-10-5-4-6-11(9-10)14-15-12-7-2-3-8-13(12)16-14;6-5-4(7)2-1-3-8-5;1-2(3)4;1-2;2-1-4-3;;;/h1-21H;2-11H,1H3;1-10,22H;1-11H;2-9H,1H3,(H,15,16);1-3H;1H3,(H,3,4);1H2;1,3H;1H;;/q;;;;;;;-1;;;2*+1/i/hD. The molecule has 0 aliphatic carbocycles. The summed E-state index contributed by atoms with van der Waals surface area (Å²) in [5.74, 6) is 4.48. The van der Waals surface area contributed by atoms with Crippen LogP contribution in [0.2, 0.25) is 5.02 Å². The van der Waals surface area contributed by atoms with Crippen LogP contribution in [0.5, 0.6) is 23.0 Å². The van der Waals surface area contributed by atoms with Gasteiger partial charge in [0.2, 0.25) is 0 Å². The van der Waals surface area contributed by atoms with Crippen LogP contribution in [0.1, 0.15) is 12.5 Å². The quantitative estimate of drug-likeness (QED) is 0.0274. The van der Waals surface area contributed by atoms with Gasteiger partial charge in [-0.3, -0.25) is 31.9 Å². The van der Waals surface area contributed by atoms with Crippen LogP contribution in [0.4, 0.5) is 4.39 Å². The van der Waals surface area contributed by atoms with Gasteiger partial charge in [0, 0.05) is 114 Å². The second kappa shape index (κ2) is 47.1. The number of carboxylic acid groups (broad SMARTS) is 1. The first-order chi connectivity index (χ1) is 69.1. The van der Waals surface area contributed by atoms with Gasteiger partial charge in [0.15, 0.2) is 0 Å². The third-order valence-electron chi connectivity index (χ3n) is 23.2. The molecule has 0 unspecified atom stereocenters. The maximum atomic E-state index is 9.88. The minimum absolute atomic E-state index is 0. The Balaban J connectivity index is 0.000000127. The number of nitrogens with one attached hydrogen (secondary N) is 1. The van der Waals surface area contributed by atoms with Gasteiger partial charge in [0.25, 0.3) is 7.40 Å². The topological polar surface area (TPSA) is 290 Å². The molecule has 143 heavy (non-hydrogen) atoms. The average Bonchev–Trinajstić information content (AvgIpc) is 1.48. The molecule has 12 aromatic carbocycles. The molecule has 0 aliphatic heterocycles. The zero-order chi connectivity index (χ0) is 97.2. The number of aryl methyl sites for hydroxylation is 1. The number of hydrogen-bond donors (Lipinski definition) is 4. The number of H-pyrrole nitrogens is 1. The summed E-state index contributed by atoms with van der Waals surface area (Å²) in [6.45, 7) is 3.19.